The van der Waals surface area contributed by atoms with E-state index in [1.807, 2.05) is 34.9 Å². The standard InChI is InChI=1S/C30H24F3N5OS/c1-19-4-3-5-20(2)28(19)37-14-15-40-29(37)36-35-17-21-6-12-25-22(16-21)7-13-26-27(25)34-18-38(26)23-8-10-24(11-9-23)39-30(31,32)33/h3-13,16-18H,14-15H2,1-2H3/b35-17+,36-29+. The molecule has 0 aliphatic carbocycles. The van der Waals surface area contributed by atoms with E-state index in [1.54, 1.807) is 36.4 Å². The fourth-order valence-corrected chi connectivity index (χ4v) is 5.89. The van der Waals surface area contributed by atoms with Gasteiger partial charge in [-0.3, -0.25) is 4.57 Å². The molecule has 0 atom stereocenters. The summed E-state index contributed by atoms with van der Waals surface area (Å²) in [5.74, 6) is 0.696. The average Bonchev–Trinajstić information content (AvgIpc) is 3.56. The molecule has 1 saturated heterocycles. The SMILES string of the molecule is Cc1cccc(C)c1N1CCS/C1=N/N=C/c1ccc2c(ccc3c2ncn3-c2ccc(OC(F)(F)F)cc2)c1. The van der Waals surface area contributed by atoms with Crippen molar-refractivity contribution in [3.05, 3.63) is 95.8 Å². The molecule has 1 fully saturated rings. The highest BCUT2D eigenvalue weighted by atomic mass is 32.2. The number of para-hydroxylation sites is 1. The van der Waals surface area contributed by atoms with Crippen molar-refractivity contribution in [3.8, 4) is 11.4 Å². The number of halogens is 3. The van der Waals surface area contributed by atoms with Crippen molar-refractivity contribution in [1.29, 1.82) is 0 Å². The van der Waals surface area contributed by atoms with E-state index in [0.29, 0.717) is 5.69 Å². The Balaban J connectivity index is 1.25. The summed E-state index contributed by atoms with van der Waals surface area (Å²) in [7, 11) is 0. The molecule has 0 saturated carbocycles. The molecule has 5 aromatic rings. The summed E-state index contributed by atoms with van der Waals surface area (Å²) in [6.45, 7) is 5.13. The molecule has 6 rings (SSSR count). The predicted octanol–water partition coefficient (Wildman–Crippen LogP) is 7.64. The highest BCUT2D eigenvalue weighted by Gasteiger charge is 2.31. The first kappa shape index (κ1) is 25.9. The number of hydrogen-bond acceptors (Lipinski definition) is 5. The van der Waals surface area contributed by atoms with Crippen LogP contribution >= 0.6 is 11.8 Å². The van der Waals surface area contributed by atoms with Gasteiger partial charge in [-0.05, 0) is 72.3 Å². The maximum Gasteiger partial charge on any atom is 0.573 e. The van der Waals surface area contributed by atoms with E-state index in [1.165, 1.54) is 28.9 Å². The smallest absolute Gasteiger partial charge is 0.406 e. The van der Waals surface area contributed by atoms with Gasteiger partial charge >= 0.3 is 6.36 Å². The largest absolute Gasteiger partial charge is 0.573 e. The quantitative estimate of drug-likeness (QED) is 0.164. The fraction of sp³-hybridized carbons (Fsp3) is 0.167. The van der Waals surface area contributed by atoms with Gasteiger partial charge in [-0.1, -0.05) is 48.2 Å². The first-order chi connectivity index (χ1) is 19.3. The zero-order valence-electron chi connectivity index (χ0n) is 21.7. The third-order valence-electron chi connectivity index (χ3n) is 6.74. The molecule has 0 amide bonds. The number of thioether (sulfide) groups is 1. The number of hydrogen-bond donors (Lipinski definition) is 0. The Kier molecular flexibility index (Phi) is 6.71. The number of benzene rings is 4. The van der Waals surface area contributed by atoms with Gasteiger partial charge in [0.05, 0.1) is 17.2 Å². The first-order valence-corrected chi connectivity index (χ1v) is 13.6. The lowest BCUT2D eigenvalue weighted by Gasteiger charge is -2.21. The zero-order valence-corrected chi connectivity index (χ0v) is 22.5. The molecule has 0 spiro atoms. The lowest BCUT2D eigenvalue weighted by molar-refractivity contribution is -0.274. The Bertz CT molecular complexity index is 1760. The highest BCUT2D eigenvalue weighted by molar-refractivity contribution is 8.14. The second kappa shape index (κ2) is 10.3. The number of fused-ring (bicyclic) bond motifs is 3. The number of rotatable bonds is 5. The first-order valence-electron chi connectivity index (χ1n) is 12.6. The van der Waals surface area contributed by atoms with Crippen LogP contribution in [0.2, 0.25) is 0 Å². The molecule has 0 bridgehead atoms. The maximum absolute atomic E-state index is 12.5. The molecular formula is C30H24F3N5OS. The van der Waals surface area contributed by atoms with E-state index in [0.717, 1.165) is 44.8 Å². The summed E-state index contributed by atoms with van der Waals surface area (Å²) in [6.07, 6.45) is -1.31. The van der Waals surface area contributed by atoms with E-state index in [-0.39, 0.29) is 5.75 Å². The third kappa shape index (κ3) is 5.14. The lowest BCUT2D eigenvalue weighted by Crippen LogP contribution is -2.25. The monoisotopic (exact) mass is 559 g/mol. The van der Waals surface area contributed by atoms with Crippen LogP contribution in [-0.2, 0) is 0 Å². The van der Waals surface area contributed by atoms with E-state index in [4.69, 9.17) is 0 Å². The van der Waals surface area contributed by atoms with Crippen LogP contribution in [0.3, 0.4) is 0 Å². The summed E-state index contributed by atoms with van der Waals surface area (Å²) in [5.41, 5.74) is 6.86. The van der Waals surface area contributed by atoms with Crippen LogP contribution in [0.4, 0.5) is 18.9 Å². The van der Waals surface area contributed by atoms with Gasteiger partial charge in [0.25, 0.3) is 0 Å². The van der Waals surface area contributed by atoms with Gasteiger partial charge in [0.1, 0.15) is 12.1 Å². The number of amidine groups is 1. The van der Waals surface area contributed by atoms with Gasteiger partial charge in [-0.2, -0.15) is 5.10 Å². The second-order valence-electron chi connectivity index (χ2n) is 9.44. The topological polar surface area (TPSA) is 55.0 Å². The average molecular weight is 560 g/mol. The van der Waals surface area contributed by atoms with Crippen LogP contribution in [0.5, 0.6) is 5.75 Å². The minimum absolute atomic E-state index is 0.269. The van der Waals surface area contributed by atoms with E-state index in [9.17, 15) is 13.2 Å². The van der Waals surface area contributed by atoms with Gasteiger partial charge < -0.3 is 9.64 Å². The number of alkyl halides is 3. The van der Waals surface area contributed by atoms with Gasteiger partial charge in [-0.15, -0.1) is 18.3 Å². The van der Waals surface area contributed by atoms with Gasteiger partial charge in [0, 0.05) is 29.1 Å². The van der Waals surface area contributed by atoms with Crippen LogP contribution in [0.25, 0.3) is 27.5 Å². The van der Waals surface area contributed by atoms with Crippen molar-refractivity contribution >= 4 is 50.6 Å². The Morgan fingerprint density at radius 1 is 0.975 bits per heavy atom. The molecule has 6 nitrogen and oxygen atoms in total. The number of anilines is 1. The fourth-order valence-electron chi connectivity index (χ4n) is 4.99. The summed E-state index contributed by atoms with van der Waals surface area (Å²) < 4.78 is 43.3. The van der Waals surface area contributed by atoms with Gasteiger partial charge in [0.2, 0.25) is 0 Å². The van der Waals surface area contributed by atoms with Crippen molar-refractivity contribution in [2.24, 2.45) is 10.2 Å². The van der Waals surface area contributed by atoms with Crippen LogP contribution in [0, 0.1) is 13.8 Å². The second-order valence-corrected chi connectivity index (χ2v) is 10.5. The molecule has 0 unspecified atom stereocenters. The molecule has 4 aromatic carbocycles. The van der Waals surface area contributed by atoms with Crippen molar-refractivity contribution in [3.63, 3.8) is 0 Å². The van der Waals surface area contributed by atoms with Crippen molar-refractivity contribution < 1.29 is 17.9 Å². The maximum atomic E-state index is 12.5. The lowest BCUT2D eigenvalue weighted by atomic mass is 10.1. The van der Waals surface area contributed by atoms with E-state index >= 15 is 0 Å². The van der Waals surface area contributed by atoms with E-state index in [2.05, 4.69) is 56.9 Å². The summed E-state index contributed by atoms with van der Waals surface area (Å²) in [4.78, 5) is 6.82. The molecule has 0 radical (unpaired) electrons. The third-order valence-corrected chi connectivity index (χ3v) is 7.69. The highest BCUT2D eigenvalue weighted by Crippen LogP contribution is 2.32. The molecule has 10 heteroatoms. The number of imidazole rings is 1. The number of nitrogens with zero attached hydrogens (tertiary/aromatic N) is 5. The van der Waals surface area contributed by atoms with Gasteiger partial charge in [-0.25, -0.2) is 4.98 Å². The molecule has 40 heavy (non-hydrogen) atoms. The van der Waals surface area contributed by atoms with Crippen molar-refractivity contribution in [1.82, 2.24) is 9.55 Å². The minimum Gasteiger partial charge on any atom is -0.406 e. The summed E-state index contributed by atoms with van der Waals surface area (Å²) in [5, 5.41) is 11.8. The molecule has 1 aromatic heterocycles. The summed E-state index contributed by atoms with van der Waals surface area (Å²) in [6, 6.07) is 22.0. The Morgan fingerprint density at radius 3 is 2.50 bits per heavy atom. The number of ether oxygens (including phenoxy) is 1. The van der Waals surface area contributed by atoms with Gasteiger partial charge in [0.15, 0.2) is 5.17 Å². The summed E-state index contributed by atoms with van der Waals surface area (Å²) >= 11 is 1.70. The molecule has 2 heterocycles. The number of aryl methyl sites for hydroxylation is 2. The minimum atomic E-state index is -4.73. The Morgan fingerprint density at radius 2 is 1.75 bits per heavy atom. The van der Waals surface area contributed by atoms with Crippen LogP contribution < -0.4 is 9.64 Å². The van der Waals surface area contributed by atoms with Crippen LogP contribution in [-0.4, -0.2) is 39.6 Å². The Hall–Kier alpha value is -4.31. The predicted molar refractivity (Wildman–Crippen MR) is 156 cm³/mol. The van der Waals surface area contributed by atoms with Crippen molar-refractivity contribution in [2.75, 3.05) is 17.2 Å². The van der Waals surface area contributed by atoms with Crippen LogP contribution in [0.1, 0.15) is 16.7 Å². The molecule has 0 N–H and O–H groups in total. The van der Waals surface area contributed by atoms with Crippen molar-refractivity contribution in [2.45, 2.75) is 20.2 Å². The number of aromatic nitrogens is 2. The Labute approximate surface area is 232 Å². The van der Waals surface area contributed by atoms with E-state index < -0.39 is 6.36 Å². The molecule has 202 valence electrons. The molecular weight excluding hydrogens is 535 g/mol. The molecule has 1 aliphatic heterocycles. The zero-order chi connectivity index (χ0) is 27.9. The molecule has 1 aliphatic rings. The van der Waals surface area contributed by atoms with Crippen LogP contribution in [0.15, 0.2) is 89.3 Å². The normalized spacial score (nSPS) is 15.2.